The van der Waals surface area contributed by atoms with E-state index in [1.165, 1.54) is 37.7 Å². The molecule has 2 fully saturated rings. The van der Waals surface area contributed by atoms with Crippen LogP contribution in [0.4, 0.5) is 0 Å². The SMILES string of the molecule is CCNC(=NCc1ccc(OC2CCCCC2)cc1)NCCCOCC1CCOC1. The van der Waals surface area contributed by atoms with Gasteiger partial charge < -0.3 is 24.8 Å². The van der Waals surface area contributed by atoms with E-state index >= 15 is 0 Å². The van der Waals surface area contributed by atoms with Crippen LogP contribution in [0.5, 0.6) is 5.75 Å². The first kappa shape index (κ1) is 22.9. The molecule has 1 saturated heterocycles. The van der Waals surface area contributed by atoms with Crippen LogP contribution in [0.25, 0.3) is 0 Å². The third kappa shape index (κ3) is 8.52. The molecule has 0 amide bonds. The zero-order valence-electron chi connectivity index (χ0n) is 18.5. The van der Waals surface area contributed by atoms with E-state index in [4.69, 9.17) is 19.2 Å². The van der Waals surface area contributed by atoms with Crippen LogP contribution in [0, 0.1) is 5.92 Å². The van der Waals surface area contributed by atoms with Gasteiger partial charge in [-0.05, 0) is 63.1 Å². The number of rotatable bonds is 11. The highest BCUT2D eigenvalue weighted by atomic mass is 16.5. The zero-order valence-corrected chi connectivity index (χ0v) is 18.5. The molecule has 1 atom stereocenters. The molecule has 1 heterocycles. The Morgan fingerprint density at radius 1 is 1.10 bits per heavy atom. The molecule has 2 aliphatic rings. The monoisotopic (exact) mass is 417 g/mol. The topological polar surface area (TPSA) is 64.1 Å². The smallest absolute Gasteiger partial charge is 0.191 e. The van der Waals surface area contributed by atoms with Gasteiger partial charge in [-0.3, -0.25) is 0 Å². The molecule has 0 bridgehead atoms. The highest BCUT2D eigenvalue weighted by Crippen LogP contribution is 2.23. The van der Waals surface area contributed by atoms with E-state index in [0.29, 0.717) is 18.6 Å². The van der Waals surface area contributed by atoms with Crippen LogP contribution in [0.2, 0.25) is 0 Å². The number of aliphatic imine (C=N–C) groups is 1. The molecular formula is C24H39N3O3. The van der Waals surface area contributed by atoms with Gasteiger partial charge in [0.25, 0.3) is 0 Å². The van der Waals surface area contributed by atoms with Gasteiger partial charge in [-0.2, -0.15) is 0 Å². The van der Waals surface area contributed by atoms with E-state index in [9.17, 15) is 0 Å². The lowest BCUT2D eigenvalue weighted by molar-refractivity contribution is 0.0888. The molecule has 1 aromatic carbocycles. The Morgan fingerprint density at radius 2 is 1.93 bits per heavy atom. The minimum absolute atomic E-state index is 0.391. The van der Waals surface area contributed by atoms with E-state index in [1.807, 2.05) is 0 Å². The first-order valence-electron chi connectivity index (χ1n) is 11.8. The minimum atomic E-state index is 0.391. The highest BCUT2D eigenvalue weighted by Gasteiger charge is 2.15. The van der Waals surface area contributed by atoms with Crippen LogP contribution in [0.3, 0.4) is 0 Å². The average Bonchev–Trinajstić information content (AvgIpc) is 3.30. The van der Waals surface area contributed by atoms with Crippen LogP contribution in [0.15, 0.2) is 29.3 Å². The molecular weight excluding hydrogens is 378 g/mol. The third-order valence-corrected chi connectivity index (χ3v) is 5.68. The lowest BCUT2D eigenvalue weighted by Crippen LogP contribution is -2.38. The molecule has 1 saturated carbocycles. The van der Waals surface area contributed by atoms with Crippen molar-refractivity contribution < 1.29 is 14.2 Å². The van der Waals surface area contributed by atoms with Crippen molar-refractivity contribution >= 4 is 5.96 Å². The number of nitrogens with zero attached hydrogens (tertiary/aromatic N) is 1. The summed E-state index contributed by atoms with van der Waals surface area (Å²) in [6.07, 6.45) is 8.78. The van der Waals surface area contributed by atoms with Crippen LogP contribution in [0.1, 0.15) is 57.4 Å². The summed E-state index contributed by atoms with van der Waals surface area (Å²) in [5.74, 6) is 2.41. The maximum Gasteiger partial charge on any atom is 0.191 e. The van der Waals surface area contributed by atoms with Gasteiger partial charge in [-0.1, -0.05) is 18.6 Å². The van der Waals surface area contributed by atoms with Crippen molar-refractivity contribution in [1.29, 1.82) is 0 Å². The fourth-order valence-corrected chi connectivity index (χ4v) is 3.91. The first-order valence-corrected chi connectivity index (χ1v) is 11.8. The molecule has 1 aromatic rings. The molecule has 6 heteroatoms. The Hall–Kier alpha value is -1.79. The molecule has 3 rings (SSSR count). The molecule has 1 aliphatic heterocycles. The van der Waals surface area contributed by atoms with Crippen molar-refractivity contribution in [3.8, 4) is 5.75 Å². The van der Waals surface area contributed by atoms with E-state index in [0.717, 1.165) is 64.1 Å². The maximum atomic E-state index is 6.11. The van der Waals surface area contributed by atoms with Crippen molar-refractivity contribution in [2.75, 3.05) is 39.5 Å². The van der Waals surface area contributed by atoms with Gasteiger partial charge in [0, 0.05) is 32.2 Å². The van der Waals surface area contributed by atoms with Crippen LogP contribution in [-0.4, -0.2) is 51.6 Å². The van der Waals surface area contributed by atoms with Crippen LogP contribution >= 0.6 is 0 Å². The maximum absolute atomic E-state index is 6.11. The Labute approximate surface area is 181 Å². The van der Waals surface area contributed by atoms with Gasteiger partial charge in [0.05, 0.1) is 25.9 Å². The first-order chi connectivity index (χ1) is 14.8. The molecule has 0 radical (unpaired) electrons. The van der Waals surface area contributed by atoms with E-state index in [1.54, 1.807) is 0 Å². The van der Waals surface area contributed by atoms with Gasteiger partial charge >= 0.3 is 0 Å². The third-order valence-electron chi connectivity index (χ3n) is 5.68. The van der Waals surface area contributed by atoms with Gasteiger partial charge in [-0.15, -0.1) is 0 Å². The fraction of sp³-hybridized carbons (Fsp3) is 0.708. The Morgan fingerprint density at radius 3 is 2.67 bits per heavy atom. The molecule has 30 heavy (non-hydrogen) atoms. The average molecular weight is 418 g/mol. The molecule has 2 N–H and O–H groups in total. The summed E-state index contributed by atoms with van der Waals surface area (Å²) in [5, 5.41) is 6.71. The van der Waals surface area contributed by atoms with Crippen molar-refractivity contribution in [2.45, 2.75) is 64.5 Å². The molecule has 6 nitrogen and oxygen atoms in total. The van der Waals surface area contributed by atoms with Crippen molar-refractivity contribution in [1.82, 2.24) is 10.6 Å². The van der Waals surface area contributed by atoms with Crippen molar-refractivity contribution in [3.63, 3.8) is 0 Å². The van der Waals surface area contributed by atoms with Crippen molar-refractivity contribution in [3.05, 3.63) is 29.8 Å². The molecule has 1 unspecified atom stereocenters. The summed E-state index contributed by atoms with van der Waals surface area (Å²) >= 11 is 0. The van der Waals surface area contributed by atoms with Gasteiger partial charge in [-0.25, -0.2) is 4.99 Å². The fourth-order valence-electron chi connectivity index (χ4n) is 3.91. The van der Waals surface area contributed by atoms with Crippen LogP contribution < -0.4 is 15.4 Å². The highest BCUT2D eigenvalue weighted by molar-refractivity contribution is 5.79. The number of nitrogens with one attached hydrogen (secondary N) is 2. The summed E-state index contributed by atoms with van der Waals surface area (Å²) in [7, 11) is 0. The summed E-state index contributed by atoms with van der Waals surface area (Å²) in [6.45, 7) is 7.75. The Balaban J connectivity index is 1.34. The quantitative estimate of drug-likeness (QED) is 0.325. The minimum Gasteiger partial charge on any atom is -0.490 e. The summed E-state index contributed by atoms with van der Waals surface area (Å²) in [5.41, 5.74) is 1.19. The predicted octanol–water partition coefficient (Wildman–Crippen LogP) is 3.90. The van der Waals surface area contributed by atoms with E-state index < -0.39 is 0 Å². The van der Waals surface area contributed by atoms with Gasteiger partial charge in [0.15, 0.2) is 5.96 Å². The molecule has 1 aliphatic carbocycles. The zero-order chi connectivity index (χ0) is 20.9. The standard InChI is InChI=1S/C24H39N3O3/c1-2-25-24(26-14-6-15-28-18-21-13-16-29-19-21)27-17-20-9-11-23(12-10-20)30-22-7-4-3-5-8-22/h9-12,21-22H,2-8,13-19H2,1H3,(H2,25,26,27). The van der Waals surface area contributed by atoms with E-state index in [-0.39, 0.29) is 0 Å². The molecule has 0 aromatic heterocycles. The lowest BCUT2D eigenvalue weighted by Gasteiger charge is -2.23. The lowest BCUT2D eigenvalue weighted by atomic mass is 9.98. The summed E-state index contributed by atoms with van der Waals surface area (Å²) in [6, 6.07) is 8.39. The van der Waals surface area contributed by atoms with Crippen LogP contribution in [-0.2, 0) is 16.0 Å². The molecule has 168 valence electrons. The Kier molecular flexibility index (Phi) is 10.3. The second-order valence-electron chi connectivity index (χ2n) is 8.30. The molecule has 0 spiro atoms. The number of guanidine groups is 1. The van der Waals surface area contributed by atoms with Crippen molar-refractivity contribution in [2.24, 2.45) is 10.9 Å². The Bertz CT molecular complexity index is 609. The normalized spacial score (nSPS) is 20.3. The number of hydrogen-bond donors (Lipinski definition) is 2. The van der Waals surface area contributed by atoms with Gasteiger partial charge in [0.1, 0.15) is 5.75 Å². The second kappa shape index (κ2) is 13.5. The summed E-state index contributed by atoms with van der Waals surface area (Å²) in [4.78, 5) is 4.71. The van der Waals surface area contributed by atoms with E-state index in [2.05, 4.69) is 41.8 Å². The number of benzene rings is 1. The summed E-state index contributed by atoms with van der Waals surface area (Å²) < 4.78 is 17.2. The predicted molar refractivity (Wildman–Crippen MR) is 121 cm³/mol. The van der Waals surface area contributed by atoms with Gasteiger partial charge in [0.2, 0.25) is 0 Å². The number of hydrogen-bond acceptors (Lipinski definition) is 4. The largest absolute Gasteiger partial charge is 0.490 e. The second-order valence-corrected chi connectivity index (χ2v) is 8.30. The number of ether oxygens (including phenoxy) is 3.